The van der Waals surface area contributed by atoms with E-state index in [0.717, 1.165) is 15.2 Å². The Bertz CT molecular complexity index is 2360. The van der Waals surface area contributed by atoms with Crippen molar-refractivity contribution in [1.82, 2.24) is 28.0 Å². The summed E-state index contributed by atoms with van der Waals surface area (Å²) in [6.07, 6.45) is 0.105. The first-order valence-corrected chi connectivity index (χ1v) is 16.0. The number of aryl methyl sites for hydroxylation is 4. The molecule has 19 heteroatoms. The topological polar surface area (TPSA) is 195 Å². The van der Waals surface area contributed by atoms with Crippen LogP contribution in [0.15, 0.2) is 46.4 Å². The third-order valence-corrected chi connectivity index (χ3v) is 8.60. The van der Waals surface area contributed by atoms with E-state index < -0.39 is 48.3 Å². The third-order valence-electron chi connectivity index (χ3n) is 8.60. The SMILES string of the molecule is CCn1nc(C)cc1C(=O)N=c1n(C)c2cc(C(N)=O)cc(OCCCO)c2n1CC(F)(F)C(F)(F)Cn1c(=NC)n(C)c2cc(C(N)=O)ccc21. The molecule has 0 spiro atoms. The predicted molar refractivity (Wildman–Crippen MR) is 180 cm³/mol. The molecule has 0 fully saturated rings. The van der Waals surface area contributed by atoms with Crippen molar-refractivity contribution in [3.8, 4) is 5.75 Å². The van der Waals surface area contributed by atoms with Crippen molar-refractivity contribution in [2.45, 2.75) is 51.7 Å². The Labute approximate surface area is 293 Å². The molecule has 3 aromatic heterocycles. The predicted octanol–water partition coefficient (Wildman–Crippen LogP) is 2.00. The second kappa shape index (κ2) is 14.1. The average Bonchev–Trinajstić information content (AvgIpc) is 3.69. The van der Waals surface area contributed by atoms with Gasteiger partial charge in [0.2, 0.25) is 23.1 Å². The highest BCUT2D eigenvalue weighted by molar-refractivity contribution is 5.99. The van der Waals surface area contributed by atoms with E-state index in [1.807, 2.05) is 0 Å². The van der Waals surface area contributed by atoms with Crippen LogP contribution in [-0.4, -0.2) is 83.0 Å². The number of aliphatic hydroxyl groups is 1. The molecule has 0 aliphatic rings. The number of aromatic nitrogens is 6. The van der Waals surface area contributed by atoms with Crippen molar-refractivity contribution < 1.29 is 41.8 Å². The fourth-order valence-electron chi connectivity index (χ4n) is 6.03. The maximum atomic E-state index is 16.4. The van der Waals surface area contributed by atoms with Crippen molar-refractivity contribution >= 4 is 39.8 Å². The highest BCUT2D eigenvalue weighted by atomic mass is 19.3. The maximum Gasteiger partial charge on any atom is 0.329 e. The molecule has 0 saturated carbocycles. The molecule has 278 valence electrons. The molecule has 0 radical (unpaired) electrons. The van der Waals surface area contributed by atoms with Crippen molar-refractivity contribution in [3.63, 3.8) is 0 Å². The summed E-state index contributed by atoms with van der Waals surface area (Å²) in [5.74, 6) is -12.4. The highest BCUT2D eigenvalue weighted by Gasteiger charge is 2.57. The molecule has 5 aromatic rings. The summed E-state index contributed by atoms with van der Waals surface area (Å²) < 4.78 is 76.4. The Morgan fingerprint density at radius 2 is 1.50 bits per heavy atom. The molecule has 0 aliphatic carbocycles. The molecule has 0 unspecified atom stereocenters. The number of fused-ring (bicyclic) bond motifs is 2. The van der Waals surface area contributed by atoms with Gasteiger partial charge in [-0.1, -0.05) is 0 Å². The van der Waals surface area contributed by atoms with Crippen molar-refractivity contribution in [3.05, 3.63) is 70.1 Å². The van der Waals surface area contributed by atoms with Crippen molar-refractivity contribution in [2.75, 3.05) is 20.3 Å². The van der Waals surface area contributed by atoms with Crippen LogP contribution in [0.5, 0.6) is 5.75 Å². The molecule has 5 rings (SSSR count). The number of rotatable bonds is 13. The van der Waals surface area contributed by atoms with Crippen molar-refractivity contribution in [2.24, 2.45) is 35.5 Å². The van der Waals surface area contributed by atoms with E-state index in [4.69, 9.17) is 16.2 Å². The lowest BCUT2D eigenvalue weighted by atomic mass is 10.1. The number of imidazole rings is 2. The van der Waals surface area contributed by atoms with Gasteiger partial charge in [-0.3, -0.25) is 24.1 Å². The van der Waals surface area contributed by atoms with Crippen LogP contribution in [-0.2, 0) is 33.7 Å². The van der Waals surface area contributed by atoms with E-state index in [0.29, 0.717) is 5.69 Å². The number of nitrogens with two attached hydrogens (primary N) is 2. The molecule has 0 aliphatic heterocycles. The van der Waals surface area contributed by atoms with Gasteiger partial charge in [0.15, 0.2) is 0 Å². The van der Waals surface area contributed by atoms with E-state index >= 15 is 17.6 Å². The Morgan fingerprint density at radius 3 is 2.10 bits per heavy atom. The standard InChI is InChI=1S/C33H38F4N10O5/c1-6-47-24(12-18(2)42-47)29(51)41-31-44(5)23-14-20(28(39)50)15-25(52-11-7-10-48)26(23)46(31)17-33(36,37)32(34,35)16-45-21-9-8-19(27(38)49)13-22(21)43(4)30(45)40-3/h8-9,12-15,48H,6-7,10-11,16-17H2,1-5H3,(H2,38,49)(H2,39,50). The van der Waals surface area contributed by atoms with Gasteiger partial charge in [-0.25, -0.2) is 0 Å². The minimum absolute atomic E-state index is 0.0156. The number of hydrogen-bond donors (Lipinski definition) is 3. The van der Waals surface area contributed by atoms with Gasteiger partial charge in [-0.15, -0.1) is 0 Å². The first-order valence-electron chi connectivity index (χ1n) is 16.0. The van der Waals surface area contributed by atoms with Gasteiger partial charge in [0.25, 0.3) is 5.91 Å². The number of alkyl halides is 4. The zero-order chi connectivity index (χ0) is 38.3. The third kappa shape index (κ3) is 6.70. The van der Waals surface area contributed by atoms with Gasteiger partial charge < -0.3 is 39.6 Å². The van der Waals surface area contributed by atoms with Crippen LogP contribution in [0.2, 0.25) is 0 Å². The molecule has 2 aromatic carbocycles. The Balaban J connectivity index is 1.72. The van der Waals surface area contributed by atoms with Gasteiger partial charge >= 0.3 is 11.8 Å². The van der Waals surface area contributed by atoms with Gasteiger partial charge in [0, 0.05) is 51.8 Å². The van der Waals surface area contributed by atoms with Crippen LogP contribution in [0.25, 0.3) is 22.1 Å². The zero-order valence-corrected chi connectivity index (χ0v) is 29.0. The number of nitrogens with zero attached hydrogens (tertiary/aromatic N) is 8. The monoisotopic (exact) mass is 730 g/mol. The molecule has 15 nitrogen and oxygen atoms in total. The number of carbonyl (C=O) groups is 3. The summed E-state index contributed by atoms with van der Waals surface area (Å²) in [7, 11) is 4.13. The molecule has 5 N–H and O–H groups in total. The lowest BCUT2D eigenvalue weighted by Crippen LogP contribution is -2.49. The lowest BCUT2D eigenvalue weighted by Gasteiger charge is -2.28. The number of hydrogen-bond acceptors (Lipinski definition) is 7. The molecular formula is C33H38F4N10O5. The maximum absolute atomic E-state index is 16.4. The molecule has 3 heterocycles. The summed E-state index contributed by atoms with van der Waals surface area (Å²) >= 11 is 0. The van der Waals surface area contributed by atoms with E-state index in [-0.39, 0.29) is 76.4 Å². The zero-order valence-electron chi connectivity index (χ0n) is 29.0. The van der Waals surface area contributed by atoms with Gasteiger partial charge in [0.05, 0.1) is 41.9 Å². The summed E-state index contributed by atoms with van der Waals surface area (Å²) in [6, 6.07) is 7.81. The van der Waals surface area contributed by atoms with Crippen molar-refractivity contribution in [1.29, 1.82) is 0 Å². The fraction of sp³-hybridized carbons (Fsp3) is 0.394. The summed E-state index contributed by atoms with van der Waals surface area (Å²) in [5.41, 5.74) is 11.0. The van der Waals surface area contributed by atoms with Gasteiger partial charge in [-0.05, 0) is 50.2 Å². The lowest BCUT2D eigenvalue weighted by molar-refractivity contribution is -0.221. The number of amides is 3. The molecule has 3 amide bonds. The van der Waals surface area contributed by atoms with Gasteiger partial charge in [-0.2, -0.15) is 27.7 Å². The fourth-order valence-corrected chi connectivity index (χ4v) is 6.03. The van der Waals surface area contributed by atoms with E-state index in [1.165, 1.54) is 65.3 Å². The minimum atomic E-state index is -4.83. The number of halogens is 4. The highest BCUT2D eigenvalue weighted by Crippen LogP contribution is 2.39. The Hall–Kier alpha value is -5.72. The van der Waals surface area contributed by atoms with Crippen LogP contribution in [0.1, 0.15) is 50.2 Å². The van der Waals surface area contributed by atoms with Crippen LogP contribution in [0, 0.1) is 6.92 Å². The molecule has 0 atom stereocenters. The quantitative estimate of drug-likeness (QED) is 0.122. The number of aliphatic hydroxyl groups excluding tert-OH is 1. The van der Waals surface area contributed by atoms with Crippen LogP contribution >= 0.6 is 0 Å². The van der Waals surface area contributed by atoms with E-state index in [1.54, 1.807) is 13.8 Å². The first kappa shape index (κ1) is 37.5. The smallest absolute Gasteiger partial charge is 0.329 e. The summed E-state index contributed by atoms with van der Waals surface area (Å²) in [4.78, 5) is 45.8. The van der Waals surface area contributed by atoms with Crippen LogP contribution < -0.4 is 27.4 Å². The Kier molecular flexibility index (Phi) is 10.2. The second-order valence-corrected chi connectivity index (χ2v) is 12.1. The summed E-state index contributed by atoms with van der Waals surface area (Å²) in [5, 5.41) is 13.6. The normalized spacial score (nSPS) is 13.1. The number of ether oxygens (including phenoxy) is 1. The number of benzene rings is 2. The van der Waals surface area contributed by atoms with E-state index in [2.05, 4.69) is 15.1 Å². The Morgan fingerprint density at radius 1 is 0.885 bits per heavy atom. The molecule has 0 saturated heterocycles. The number of carbonyl (C=O) groups excluding carboxylic acids is 3. The molecular weight excluding hydrogens is 692 g/mol. The number of primary amides is 2. The minimum Gasteiger partial charge on any atom is -0.491 e. The second-order valence-electron chi connectivity index (χ2n) is 12.1. The summed E-state index contributed by atoms with van der Waals surface area (Å²) in [6.45, 7) is -0.0454. The van der Waals surface area contributed by atoms with Crippen LogP contribution in [0.3, 0.4) is 0 Å². The van der Waals surface area contributed by atoms with Gasteiger partial charge in [0.1, 0.15) is 17.0 Å². The van der Waals surface area contributed by atoms with Crippen LogP contribution in [0.4, 0.5) is 17.6 Å². The molecule has 52 heavy (non-hydrogen) atoms. The first-order chi connectivity index (χ1) is 24.5. The largest absolute Gasteiger partial charge is 0.491 e. The average molecular weight is 731 g/mol. The van der Waals surface area contributed by atoms with E-state index in [9.17, 15) is 19.5 Å². The molecule has 0 bridgehead atoms.